The lowest BCUT2D eigenvalue weighted by Gasteiger charge is -2.23. The van der Waals surface area contributed by atoms with Crippen LogP contribution in [0.4, 0.5) is 0 Å². The van der Waals surface area contributed by atoms with Crippen molar-refractivity contribution >= 4 is 18.2 Å². The summed E-state index contributed by atoms with van der Waals surface area (Å²) < 4.78 is 4.51. The van der Waals surface area contributed by atoms with E-state index in [-0.39, 0.29) is 12.7 Å². The molecule has 0 rings (SSSR count). The highest BCUT2D eigenvalue weighted by molar-refractivity contribution is 5.68. The van der Waals surface area contributed by atoms with E-state index in [4.69, 9.17) is 15.3 Å². The molecule has 0 spiro atoms. The van der Waals surface area contributed by atoms with Crippen molar-refractivity contribution in [2.45, 2.75) is 57.5 Å². The second-order valence-corrected chi connectivity index (χ2v) is 4.36. The minimum Gasteiger partial charge on any atom is -0.481 e. The van der Waals surface area contributed by atoms with Crippen molar-refractivity contribution in [1.29, 1.82) is 0 Å². The number of aliphatic hydroxyl groups is 4. The molecule has 0 aromatic heterocycles. The molecule has 5 N–H and O–H groups in total. The third-order valence-corrected chi connectivity index (χ3v) is 2.40. The highest BCUT2D eigenvalue weighted by Crippen LogP contribution is 2.05. The zero-order valence-electron chi connectivity index (χ0n) is 12.6. The summed E-state index contributed by atoms with van der Waals surface area (Å²) in [5, 5.41) is 44.5. The fourth-order valence-electron chi connectivity index (χ4n) is 1.10. The van der Waals surface area contributed by atoms with Crippen molar-refractivity contribution in [3.05, 3.63) is 0 Å². The van der Waals surface area contributed by atoms with Crippen molar-refractivity contribution in [2.24, 2.45) is 0 Å². The zero-order valence-corrected chi connectivity index (χ0v) is 12.6. The molecule has 0 radical (unpaired) electrons. The number of esters is 1. The first kappa shape index (κ1) is 22.7. The van der Waals surface area contributed by atoms with Gasteiger partial charge < -0.3 is 35.1 Å². The Morgan fingerprint density at radius 3 is 1.95 bits per heavy atom. The number of aldehydes is 1. The van der Waals surface area contributed by atoms with Crippen LogP contribution < -0.4 is 0 Å². The van der Waals surface area contributed by atoms with Gasteiger partial charge in [0, 0.05) is 12.8 Å². The van der Waals surface area contributed by atoms with Gasteiger partial charge in [0.05, 0.1) is 0 Å². The molecule has 0 aliphatic heterocycles. The Morgan fingerprint density at radius 1 is 1.09 bits per heavy atom. The van der Waals surface area contributed by atoms with E-state index in [0.29, 0.717) is 6.42 Å². The Balaban J connectivity index is 0. The van der Waals surface area contributed by atoms with E-state index in [1.165, 1.54) is 0 Å². The molecule has 0 amide bonds. The van der Waals surface area contributed by atoms with Crippen LogP contribution in [0.2, 0.25) is 0 Å². The van der Waals surface area contributed by atoms with Crippen LogP contribution in [0, 0.1) is 0 Å². The molecule has 0 fully saturated rings. The molecule has 0 aliphatic rings. The van der Waals surface area contributed by atoms with Crippen LogP contribution in [-0.4, -0.2) is 74.8 Å². The molecular formula is C13H24O9. The van der Waals surface area contributed by atoms with E-state index in [1.54, 1.807) is 6.92 Å². The average Bonchev–Trinajstić information content (AvgIpc) is 2.50. The second-order valence-electron chi connectivity index (χ2n) is 4.36. The van der Waals surface area contributed by atoms with Gasteiger partial charge in [-0.2, -0.15) is 0 Å². The first-order chi connectivity index (χ1) is 10.2. The molecule has 0 saturated heterocycles. The van der Waals surface area contributed by atoms with Gasteiger partial charge in [0.15, 0.2) is 6.29 Å². The average molecular weight is 324 g/mol. The van der Waals surface area contributed by atoms with Crippen LogP contribution in [0.15, 0.2) is 0 Å². The molecule has 0 aromatic rings. The van der Waals surface area contributed by atoms with E-state index in [1.807, 2.05) is 6.92 Å². The first-order valence-corrected chi connectivity index (χ1v) is 6.76. The normalized spacial score (nSPS) is 15.5. The predicted molar refractivity (Wildman–Crippen MR) is 73.9 cm³/mol. The van der Waals surface area contributed by atoms with Crippen LogP contribution in [0.25, 0.3) is 0 Å². The largest absolute Gasteiger partial charge is 0.481 e. The molecule has 4 atom stereocenters. The fraction of sp³-hybridized carbons (Fsp3) is 0.769. The Morgan fingerprint density at radius 2 is 1.64 bits per heavy atom. The number of aliphatic carboxylic acids is 1. The molecule has 9 nitrogen and oxygen atoms in total. The molecule has 0 bridgehead atoms. The Labute approximate surface area is 128 Å². The summed E-state index contributed by atoms with van der Waals surface area (Å²) in [7, 11) is 0. The summed E-state index contributed by atoms with van der Waals surface area (Å²) in [6, 6.07) is 0. The smallest absolute Gasteiger partial charge is 0.305 e. The van der Waals surface area contributed by atoms with E-state index < -0.39 is 43.0 Å². The lowest BCUT2D eigenvalue weighted by Crippen LogP contribution is -2.46. The number of carbonyl (C=O) groups excluding carboxylic acids is 2. The first-order valence-electron chi connectivity index (χ1n) is 6.76. The Bertz CT molecular complexity index is 331. The van der Waals surface area contributed by atoms with Gasteiger partial charge in [-0.1, -0.05) is 13.8 Å². The van der Waals surface area contributed by atoms with Crippen molar-refractivity contribution in [3.63, 3.8) is 0 Å². The van der Waals surface area contributed by atoms with Gasteiger partial charge in [-0.15, -0.1) is 0 Å². The van der Waals surface area contributed by atoms with Gasteiger partial charge in [0.2, 0.25) is 0 Å². The van der Waals surface area contributed by atoms with Gasteiger partial charge in [-0.25, -0.2) is 0 Å². The lowest BCUT2D eigenvalue weighted by molar-refractivity contribution is -0.156. The maximum atomic E-state index is 10.7. The zero-order chi connectivity index (χ0) is 17.7. The Hall–Kier alpha value is -1.55. The quantitative estimate of drug-likeness (QED) is 0.250. The highest BCUT2D eigenvalue weighted by Gasteiger charge is 2.30. The minimum absolute atomic E-state index is 0.0264. The number of carbonyl (C=O) groups is 3. The van der Waals surface area contributed by atoms with Crippen molar-refractivity contribution in [1.82, 2.24) is 0 Å². The Kier molecular flexibility index (Phi) is 13.6. The highest BCUT2D eigenvalue weighted by atomic mass is 16.5. The maximum absolute atomic E-state index is 10.7. The lowest BCUT2D eigenvalue weighted by atomic mass is 10.0. The molecule has 0 aliphatic carbocycles. The minimum atomic E-state index is -1.83. The molecule has 0 heterocycles. The molecule has 0 aromatic carbocycles. The van der Waals surface area contributed by atoms with Crippen LogP contribution in [0.5, 0.6) is 0 Å². The summed E-state index contributed by atoms with van der Waals surface area (Å²) in [4.78, 5) is 30.4. The molecule has 22 heavy (non-hydrogen) atoms. The standard InChI is InChI=1S/C9H16O7.C4H8O2/c1-2-7(13)16-4-6(12)9(15)8(14)5(11)3-10;1-2-3-4(5)6/h3,5-6,8-9,11-12,14-15H,2,4H2,1H3;2-3H2,1H3,(H,5,6)/t5-,6+,8+,9+;/m0./s1. The SMILES string of the molecule is CCC(=O)OC[C@@H](O)[C@@H](O)[C@H](O)[C@@H](O)C=O.CCCC(=O)O. The number of rotatable bonds is 9. The van der Waals surface area contributed by atoms with Gasteiger partial charge in [-0.05, 0) is 6.42 Å². The molecular weight excluding hydrogens is 300 g/mol. The van der Waals surface area contributed by atoms with Gasteiger partial charge in [0.1, 0.15) is 31.0 Å². The number of hydrogen-bond acceptors (Lipinski definition) is 8. The number of hydrogen-bond donors (Lipinski definition) is 5. The summed E-state index contributed by atoms with van der Waals surface area (Å²) in [5.74, 6) is -1.28. The van der Waals surface area contributed by atoms with E-state index in [2.05, 4.69) is 4.74 Å². The third kappa shape index (κ3) is 11.1. The fourth-order valence-corrected chi connectivity index (χ4v) is 1.10. The predicted octanol–water partition coefficient (Wildman–Crippen LogP) is -1.55. The van der Waals surface area contributed by atoms with Crippen LogP contribution in [0.3, 0.4) is 0 Å². The van der Waals surface area contributed by atoms with Crippen molar-refractivity contribution < 1.29 is 44.7 Å². The van der Waals surface area contributed by atoms with Gasteiger partial charge in [-0.3, -0.25) is 9.59 Å². The van der Waals surface area contributed by atoms with Crippen molar-refractivity contribution in [2.75, 3.05) is 6.61 Å². The van der Waals surface area contributed by atoms with Crippen LogP contribution in [-0.2, 0) is 19.1 Å². The number of carboxylic acid groups (broad SMARTS) is 1. The van der Waals surface area contributed by atoms with Gasteiger partial charge in [0.25, 0.3) is 0 Å². The van der Waals surface area contributed by atoms with E-state index in [9.17, 15) is 24.6 Å². The van der Waals surface area contributed by atoms with E-state index in [0.717, 1.165) is 6.42 Å². The van der Waals surface area contributed by atoms with Crippen LogP contribution in [0.1, 0.15) is 33.1 Å². The summed E-state index contributed by atoms with van der Waals surface area (Å²) >= 11 is 0. The number of carboxylic acids is 1. The van der Waals surface area contributed by atoms with Gasteiger partial charge >= 0.3 is 11.9 Å². The number of aliphatic hydroxyl groups excluding tert-OH is 4. The maximum Gasteiger partial charge on any atom is 0.305 e. The summed E-state index contributed by atoms with van der Waals surface area (Å²) in [6.07, 6.45) is -5.81. The molecule has 0 saturated carbocycles. The molecule has 9 heteroatoms. The molecule has 130 valence electrons. The summed E-state index contributed by atoms with van der Waals surface area (Å²) in [6.45, 7) is 2.88. The number of ether oxygens (including phenoxy) is 1. The third-order valence-electron chi connectivity index (χ3n) is 2.40. The summed E-state index contributed by atoms with van der Waals surface area (Å²) in [5.41, 5.74) is 0. The molecule has 0 unspecified atom stereocenters. The van der Waals surface area contributed by atoms with Crippen LogP contribution >= 0.6 is 0 Å². The second kappa shape index (κ2) is 13.1. The van der Waals surface area contributed by atoms with E-state index >= 15 is 0 Å². The van der Waals surface area contributed by atoms with Crippen molar-refractivity contribution in [3.8, 4) is 0 Å². The topological polar surface area (TPSA) is 162 Å². The monoisotopic (exact) mass is 324 g/mol.